The Balaban J connectivity index is 2.71. The zero-order chi connectivity index (χ0) is 15.9. The van der Waals surface area contributed by atoms with Gasteiger partial charge < -0.3 is 5.11 Å². The fourth-order valence-corrected chi connectivity index (χ4v) is 2.08. The lowest BCUT2D eigenvalue weighted by Crippen LogP contribution is -2.17. The Hall–Kier alpha value is -2.17. The summed E-state index contributed by atoms with van der Waals surface area (Å²) >= 11 is 0. The molecule has 0 saturated heterocycles. The van der Waals surface area contributed by atoms with Crippen molar-refractivity contribution in [2.75, 3.05) is 0 Å². The molecule has 2 heterocycles. The second-order valence-electron chi connectivity index (χ2n) is 6.36. The fraction of sp³-hybridized carbons (Fsp3) is 0.438. The molecule has 0 aliphatic carbocycles. The highest BCUT2D eigenvalue weighted by Gasteiger charge is 2.21. The van der Waals surface area contributed by atoms with Crippen molar-refractivity contribution in [2.45, 2.75) is 47.0 Å². The summed E-state index contributed by atoms with van der Waals surface area (Å²) in [4.78, 5) is 16.0. The third-order valence-electron chi connectivity index (χ3n) is 3.70. The molecule has 0 amide bonds. The number of hydrogen-bond acceptors (Lipinski definition) is 3. The number of rotatable bonds is 2. The number of aryl methyl sites for hydroxylation is 1. The molecule has 21 heavy (non-hydrogen) atoms. The van der Waals surface area contributed by atoms with Crippen molar-refractivity contribution in [3.8, 4) is 5.82 Å². The molecule has 0 bridgehead atoms. The minimum Gasteiger partial charge on any atom is -0.478 e. The maximum atomic E-state index is 11.4. The first-order chi connectivity index (χ1) is 9.61. The van der Waals surface area contributed by atoms with Gasteiger partial charge in [-0.1, -0.05) is 20.8 Å². The first kappa shape index (κ1) is 15.2. The highest BCUT2D eigenvalue weighted by Crippen LogP contribution is 2.24. The van der Waals surface area contributed by atoms with Gasteiger partial charge in [0.15, 0.2) is 5.82 Å². The van der Waals surface area contributed by atoms with E-state index in [-0.39, 0.29) is 11.0 Å². The SMILES string of the molecule is Cc1nn(-c2cc(C(=O)O)cc(C(C)(C)C)n2)c(C)c1C. The number of carbonyl (C=O) groups is 1. The van der Waals surface area contributed by atoms with E-state index >= 15 is 0 Å². The van der Waals surface area contributed by atoms with Crippen molar-refractivity contribution in [3.63, 3.8) is 0 Å². The molecular weight excluding hydrogens is 266 g/mol. The van der Waals surface area contributed by atoms with Crippen molar-refractivity contribution in [1.82, 2.24) is 14.8 Å². The molecule has 0 aliphatic rings. The molecule has 0 spiro atoms. The van der Waals surface area contributed by atoms with Crippen molar-refractivity contribution in [2.24, 2.45) is 0 Å². The van der Waals surface area contributed by atoms with E-state index in [2.05, 4.69) is 10.1 Å². The topological polar surface area (TPSA) is 68.0 Å². The van der Waals surface area contributed by atoms with Crippen LogP contribution in [0.4, 0.5) is 0 Å². The van der Waals surface area contributed by atoms with Crippen LogP contribution in [-0.2, 0) is 5.41 Å². The fourth-order valence-electron chi connectivity index (χ4n) is 2.08. The quantitative estimate of drug-likeness (QED) is 0.921. The Morgan fingerprint density at radius 1 is 1.19 bits per heavy atom. The number of aromatic carboxylic acids is 1. The zero-order valence-corrected chi connectivity index (χ0v) is 13.4. The van der Waals surface area contributed by atoms with Gasteiger partial charge in [0.25, 0.3) is 0 Å². The van der Waals surface area contributed by atoms with Gasteiger partial charge in [-0.2, -0.15) is 5.10 Å². The Kier molecular flexibility index (Phi) is 3.61. The molecule has 0 saturated carbocycles. The third kappa shape index (κ3) is 2.82. The molecule has 1 N–H and O–H groups in total. The lowest BCUT2D eigenvalue weighted by molar-refractivity contribution is 0.0696. The molecule has 0 aromatic carbocycles. The van der Waals surface area contributed by atoms with Gasteiger partial charge in [-0.05, 0) is 38.5 Å². The summed E-state index contributed by atoms with van der Waals surface area (Å²) in [6.45, 7) is 11.9. The Morgan fingerprint density at radius 3 is 2.24 bits per heavy atom. The van der Waals surface area contributed by atoms with Crippen molar-refractivity contribution < 1.29 is 9.90 Å². The van der Waals surface area contributed by atoms with Crippen LogP contribution >= 0.6 is 0 Å². The molecule has 0 radical (unpaired) electrons. The minimum atomic E-state index is -0.956. The second-order valence-corrected chi connectivity index (χ2v) is 6.36. The molecule has 2 aromatic heterocycles. The second kappa shape index (κ2) is 4.98. The normalized spacial score (nSPS) is 11.7. The molecule has 5 heteroatoms. The maximum absolute atomic E-state index is 11.4. The van der Waals surface area contributed by atoms with Gasteiger partial charge in [0.05, 0.1) is 11.3 Å². The molecule has 2 rings (SSSR count). The van der Waals surface area contributed by atoms with Gasteiger partial charge in [0, 0.05) is 16.8 Å². The summed E-state index contributed by atoms with van der Waals surface area (Å²) in [6.07, 6.45) is 0. The Morgan fingerprint density at radius 2 is 1.81 bits per heavy atom. The monoisotopic (exact) mass is 287 g/mol. The largest absolute Gasteiger partial charge is 0.478 e. The van der Waals surface area contributed by atoms with E-state index in [0.29, 0.717) is 5.82 Å². The molecule has 5 nitrogen and oxygen atoms in total. The lowest BCUT2D eigenvalue weighted by Gasteiger charge is -2.19. The van der Waals surface area contributed by atoms with Gasteiger partial charge in [-0.15, -0.1) is 0 Å². The van der Waals surface area contributed by atoms with E-state index in [9.17, 15) is 9.90 Å². The van der Waals surface area contributed by atoms with Crippen LogP contribution in [-0.4, -0.2) is 25.8 Å². The van der Waals surface area contributed by atoms with E-state index in [1.165, 1.54) is 0 Å². The van der Waals surface area contributed by atoms with Gasteiger partial charge >= 0.3 is 5.97 Å². The number of carboxylic acids is 1. The number of carboxylic acid groups (broad SMARTS) is 1. The van der Waals surface area contributed by atoms with Crippen molar-refractivity contribution in [3.05, 3.63) is 40.3 Å². The molecule has 0 fully saturated rings. The highest BCUT2D eigenvalue weighted by molar-refractivity contribution is 5.88. The summed E-state index contributed by atoms with van der Waals surface area (Å²) < 4.78 is 1.71. The lowest BCUT2D eigenvalue weighted by atomic mass is 9.91. The van der Waals surface area contributed by atoms with Crippen molar-refractivity contribution in [1.29, 1.82) is 0 Å². The van der Waals surface area contributed by atoms with Crippen LogP contribution < -0.4 is 0 Å². The number of aromatic nitrogens is 3. The highest BCUT2D eigenvalue weighted by atomic mass is 16.4. The summed E-state index contributed by atoms with van der Waals surface area (Å²) in [5.41, 5.74) is 3.73. The van der Waals surface area contributed by atoms with Crippen LogP contribution in [0.25, 0.3) is 5.82 Å². The molecule has 112 valence electrons. The van der Waals surface area contributed by atoms with E-state index in [1.807, 2.05) is 41.5 Å². The summed E-state index contributed by atoms with van der Waals surface area (Å²) in [5, 5.41) is 13.8. The molecular formula is C16H21N3O2. The number of pyridine rings is 1. The predicted molar refractivity (Wildman–Crippen MR) is 81.2 cm³/mol. The van der Waals surface area contributed by atoms with Gasteiger partial charge in [0.2, 0.25) is 0 Å². The van der Waals surface area contributed by atoms with Crippen LogP contribution in [0.5, 0.6) is 0 Å². The summed E-state index contributed by atoms with van der Waals surface area (Å²) in [6, 6.07) is 3.20. The van der Waals surface area contributed by atoms with Gasteiger partial charge in [-0.3, -0.25) is 0 Å². The van der Waals surface area contributed by atoms with Crippen molar-refractivity contribution >= 4 is 5.97 Å². The molecule has 0 unspecified atom stereocenters. The van der Waals surface area contributed by atoms with Crippen LogP contribution in [0.2, 0.25) is 0 Å². The molecule has 2 aromatic rings. The smallest absolute Gasteiger partial charge is 0.335 e. The molecule has 0 aliphatic heterocycles. The average molecular weight is 287 g/mol. The third-order valence-corrected chi connectivity index (χ3v) is 3.70. The number of nitrogens with zero attached hydrogens (tertiary/aromatic N) is 3. The van der Waals surface area contributed by atoms with Crippen LogP contribution in [0, 0.1) is 20.8 Å². The van der Waals surface area contributed by atoms with Crippen LogP contribution in [0.15, 0.2) is 12.1 Å². The maximum Gasteiger partial charge on any atom is 0.335 e. The first-order valence-corrected chi connectivity index (χ1v) is 6.90. The van der Waals surface area contributed by atoms with Gasteiger partial charge in [-0.25, -0.2) is 14.5 Å². The van der Waals surface area contributed by atoms with E-state index in [0.717, 1.165) is 22.6 Å². The molecule has 0 atom stereocenters. The predicted octanol–water partition coefficient (Wildman–Crippen LogP) is 3.19. The zero-order valence-electron chi connectivity index (χ0n) is 13.4. The Labute approximate surface area is 124 Å². The minimum absolute atomic E-state index is 0.231. The first-order valence-electron chi connectivity index (χ1n) is 6.90. The van der Waals surface area contributed by atoms with Crippen LogP contribution in [0.1, 0.15) is 53.8 Å². The Bertz CT molecular complexity index is 709. The van der Waals surface area contributed by atoms with E-state index < -0.39 is 5.97 Å². The summed E-state index contributed by atoms with van der Waals surface area (Å²) in [7, 11) is 0. The standard InChI is InChI=1S/C16H21N3O2/c1-9-10(2)18-19(11(9)3)14-8-12(15(20)21)7-13(17-14)16(4,5)6/h7-8H,1-6H3,(H,20,21). The summed E-state index contributed by atoms with van der Waals surface area (Å²) in [5.74, 6) is -0.407. The van der Waals surface area contributed by atoms with Gasteiger partial charge in [0.1, 0.15) is 0 Å². The van der Waals surface area contributed by atoms with Crippen LogP contribution in [0.3, 0.4) is 0 Å². The number of hydrogen-bond donors (Lipinski definition) is 1. The van der Waals surface area contributed by atoms with E-state index in [4.69, 9.17) is 0 Å². The van der Waals surface area contributed by atoms with E-state index in [1.54, 1.807) is 16.8 Å². The average Bonchev–Trinajstić information content (AvgIpc) is 2.65.